The summed E-state index contributed by atoms with van der Waals surface area (Å²) < 4.78 is 5.86. The molecule has 0 bridgehead atoms. The number of amides is 1. The number of benzene rings is 1. The summed E-state index contributed by atoms with van der Waals surface area (Å²) in [5.41, 5.74) is 3.73. The van der Waals surface area contributed by atoms with E-state index in [1.807, 2.05) is 54.4 Å². The highest BCUT2D eigenvalue weighted by Gasteiger charge is 2.21. The topological polar surface area (TPSA) is 111 Å². The average Bonchev–Trinajstić information content (AvgIpc) is 3.35. The van der Waals surface area contributed by atoms with E-state index in [0.29, 0.717) is 29.6 Å². The molecule has 1 atom stereocenters. The van der Waals surface area contributed by atoms with Gasteiger partial charge in [0, 0.05) is 67.3 Å². The lowest BCUT2D eigenvalue weighted by Gasteiger charge is -2.32. The molecule has 4 aromatic rings. The maximum absolute atomic E-state index is 13.0. The Labute approximate surface area is 216 Å². The van der Waals surface area contributed by atoms with Gasteiger partial charge in [-0.3, -0.25) is 9.78 Å². The number of aromatic amines is 1. The monoisotopic (exact) mass is 500 g/mol. The van der Waals surface area contributed by atoms with Crippen LogP contribution in [-0.4, -0.2) is 88.6 Å². The van der Waals surface area contributed by atoms with E-state index in [4.69, 9.17) is 4.74 Å². The molecule has 192 valence electrons. The van der Waals surface area contributed by atoms with Gasteiger partial charge in [-0.2, -0.15) is 0 Å². The summed E-state index contributed by atoms with van der Waals surface area (Å²) in [6, 6.07) is 13.6. The van der Waals surface area contributed by atoms with Gasteiger partial charge in [0.25, 0.3) is 5.91 Å². The Morgan fingerprint density at radius 1 is 1.05 bits per heavy atom. The van der Waals surface area contributed by atoms with E-state index in [0.717, 1.165) is 48.5 Å². The molecule has 4 heterocycles. The number of nitrogens with one attached hydrogen (secondary N) is 3. The summed E-state index contributed by atoms with van der Waals surface area (Å²) in [6.07, 6.45) is 3.41. The molecule has 0 spiro atoms. The number of likely N-dealkylation sites (N-methyl/N-ethyl adjacent to an activating group) is 2. The first-order chi connectivity index (χ1) is 18.0. The van der Waals surface area contributed by atoms with Crippen LogP contribution < -0.4 is 15.4 Å². The third-order valence-electron chi connectivity index (χ3n) is 6.54. The summed E-state index contributed by atoms with van der Waals surface area (Å²) in [5, 5.41) is 7.37. The summed E-state index contributed by atoms with van der Waals surface area (Å²) in [5.74, 6) is 1.23. The first-order valence-electron chi connectivity index (χ1n) is 12.5. The van der Waals surface area contributed by atoms with E-state index < -0.39 is 0 Å². The third kappa shape index (κ3) is 5.87. The summed E-state index contributed by atoms with van der Waals surface area (Å²) in [6.45, 7) is 5.87. The number of hydrogen-bond acceptors (Lipinski definition) is 8. The van der Waals surface area contributed by atoms with Crippen molar-refractivity contribution in [1.82, 2.24) is 35.1 Å². The SMILES string of the molecule is CN[C@@H](C)COc1ccnc(-c2ccnc(Nc3ccc4[nH]c(C(=O)N5CCN(C)CC5)cc4c3)n2)c1. The van der Waals surface area contributed by atoms with Crippen LogP contribution in [0.1, 0.15) is 17.4 Å². The minimum Gasteiger partial charge on any atom is -0.492 e. The van der Waals surface area contributed by atoms with Crippen LogP contribution in [0.25, 0.3) is 22.3 Å². The lowest BCUT2D eigenvalue weighted by molar-refractivity contribution is 0.0659. The highest BCUT2D eigenvalue weighted by atomic mass is 16.5. The normalized spacial score (nSPS) is 15.1. The molecule has 1 aromatic carbocycles. The van der Waals surface area contributed by atoms with Gasteiger partial charge >= 0.3 is 0 Å². The fraction of sp³-hybridized carbons (Fsp3) is 0.333. The Morgan fingerprint density at radius 3 is 2.68 bits per heavy atom. The molecule has 1 amide bonds. The first-order valence-corrected chi connectivity index (χ1v) is 12.5. The van der Waals surface area contributed by atoms with Gasteiger partial charge in [-0.05, 0) is 57.4 Å². The van der Waals surface area contributed by atoms with Crippen molar-refractivity contribution in [2.75, 3.05) is 52.2 Å². The molecule has 0 radical (unpaired) electrons. The van der Waals surface area contributed by atoms with E-state index in [1.165, 1.54) is 0 Å². The molecule has 10 nitrogen and oxygen atoms in total. The zero-order valence-corrected chi connectivity index (χ0v) is 21.4. The van der Waals surface area contributed by atoms with Gasteiger partial charge in [-0.1, -0.05) is 0 Å². The van der Waals surface area contributed by atoms with E-state index in [1.54, 1.807) is 12.4 Å². The van der Waals surface area contributed by atoms with Gasteiger partial charge in [0.2, 0.25) is 5.95 Å². The van der Waals surface area contributed by atoms with Crippen LogP contribution in [0.4, 0.5) is 11.6 Å². The summed E-state index contributed by atoms with van der Waals surface area (Å²) in [4.78, 5) is 33.8. The molecular formula is C27H32N8O2. The number of ether oxygens (including phenoxy) is 1. The van der Waals surface area contributed by atoms with Crippen LogP contribution in [0.3, 0.4) is 0 Å². The number of carbonyl (C=O) groups excluding carboxylic acids is 1. The van der Waals surface area contributed by atoms with Crippen LogP contribution in [0, 0.1) is 0 Å². The minimum atomic E-state index is 0.0361. The first kappa shape index (κ1) is 24.7. The molecule has 1 fully saturated rings. The molecule has 1 aliphatic heterocycles. The molecule has 1 aliphatic rings. The van der Waals surface area contributed by atoms with Crippen molar-refractivity contribution < 1.29 is 9.53 Å². The number of pyridine rings is 1. The van der Waals surface area contributed by atoms with Crippen LogP contribution in [0.15, 0.2) is 54.9 Å². The number of fused-ring (bicyclic) bond motifs is 1. The van der Waals surface area contributed by atoms with Crippen LogP contribution >= 0.6 is 0 Å². The van der Waals surface area contributed by atoms with Gasteiger partial charge in [-0.15, -0.1) is 0 Å². The Balaban J connectivity index is 1.30. The number of anilines is 2. The lowest BCUT2D eigenvalue weighted by Crippen LogP contribution is -2.47. The van der Waals surface area contributed by atoms with E-state index in [2.05, 4.69) is 49.4 Å². The lowest BCUT2D eigenvalue weighted by atomic mass is 10.2. The summed E-state index contributed by atoms with van der Waals surface area (Å²) in [7, 11) is 3.98. The van der Waals surface area contributed by atoms with E-state index >= 15 is 0 Å². The number of H-pyrrole nitrogens is 1. The van der Waals surface area contributed by atoms with Gasteiger partial charge in [0.15, 0.2) is 0 Å². The van der Waals surface area contributed by atoms with Crippen molar-refractivity contribution in [2.45, 2.75) is 13.0 Å². The number of rotatable bonds is 8. The Kier molecular flexibility index (Phi) is 7.29. The van der Waals surface area contributed by atoms with Crippen LogP contribution in [-0.2, 0) is 0 Å². The maximum Gasteiger partial charge on any atom is 0.270 e. The Hall–Kier alpha value is -4.02. The Morgan fingerprint density at radius 2 is 1.86 bits per heavy atom. The van der Waals surface area contributed by atoms with Gasteiger partial charge in [0.1, 0.15) is 18.1 Å². The van der Waals surface area contributed by atoms with Crippen LogP contribution in [0.2, 0.25) is 0 Å². The van der Waals surface area contributed by atoms with Gasteiger partial charge < -0.3 is 30.2 Å². The standard InChI is InChI=1S/C27H32N8O2/c1-18(28-2)17-37-21-6-8-29-24(16-21)23-7-9-30-27(33-23)31-20-4-5-22-19(14-20)15-25(32-22)26(36)35-12-10-34(3)11-13-35/h4-9,14-16,18,28,32H,10-13,17H2,1-3H3,(H,30,31,33)/t18-/m0/s1. The fourth-order valence-electron chi connectivity index (χ4n) is 4.14. The third-order valence-corrected chi connectivity index (χ3v) is 6.54. The van der Waals surface area contributed by atoms with Crippen molar-refractivity contribution in [1.29, 1.82) is 0 Å². The molecule has 0 unspecified atom stereocenters. The van der Waals surface area contributed by atoms with E-state index in [9.17, 15) is 4.79 Å². The molecule has 3 N–H and O–H groups in total. The highest BCUT2D eigenvalue weighted by Crippen LogP contribution is 2.25. The molecule has 10 heteroatoms. The maximum atomic E-state index is 13.0. The second-order valence-electron chi connectivity index (χ2n) is 9.35. The number of carbonyl (C=O) groups is 1. The molecule has 3 aromatic heterocycles. The average molecular weight is 501 g/mol. The number of piperazine rings is 1. The second-order valence-corrected chi connectivity index (χ2v) is 9.35. The molecule has 0 aliphatic carbocycles. The largest absolute Gasteiger partial charge is 0.492 e. The molecule has 1 saturated heterocycles. The smallest absolute Gasteiger partial charge is 0.270 e. The van der Waals surface area contributed by atoms with Crippen molar-refractivity contribution in [3.63, 3.8) is 0 Å². The number of aromatic nitrogens is 4. The predicted molar refractivity (Wildman–Crippen MR) is 144 cm³/mol. The van der Waals surface area contributed by atoms with Crippen molar-refractivity contribution in [3.8, 4) is 17.1 Å². The Bertz CT molecular complexity index is 1380. The molecule has 0 saturated carbocycles. The zero-order valence-electron chi connectivity index (χ0n) is 21.4. The molecule has 37 heavy (non-hydrogen) atoms. The molecular weight excluding hydrogens is 468 g/mol. The number of nitrogens with zero attached hydrogens (tertiary/aromatic N) is 5. The van der Waals surface area contributed by atoms with Gasteiger partial charge in [-0.25, -0.2) is 9.97 Å². The highest BCUT2D eigenvalue weighted by molar-refractivity contribution is 5.98. The van der Waals surface area contributed by atoms with Crippen molar-refractivity contribution in [3.05, 3.63) is 60.6 Å². The predicted octanol–water partition coefficient (Wildman–Crippen LogP) is 3.14. The van der Waals surface area contributed by atoms with Gasteiger partial charge in [0.05, 0.1) is 11.4 Å². The van der Waals surface area contributed by atoms with Crippen molar-refractivity contribution in [2.24, 2.45) is 0 Å². The van der Waals surface area contributed by atoms with Crippen molar-refractivity contribution >= 4 is 28.4 Å². The molecule has 5 rings (SSSR count). The second kappa shape index (κ2) is 10.9. The minimum absolute atomic E-state index is 0.0361. The van der Waals surface area contributed by atoms with E-state index in [-0.39, 0.29) is 11.9 Å². The fourth-order valence-corrected chi connectivity index (χ4v) is 4.14. The quantitative estimate of drug-likeness (QED) is 0.338. The van der Waals surface area contributed by atoms with Crippen LogP contribution in [0.5, 0.6) is 5.75 Å². The number of hydrogen-bond donors (Lipinski definition) is 3. The summed E-state index contributed by atoms with van der Waals surface area (Å²) >= 11 is 0. The zero-order chi connectivity index (χ0) is 25.8.